The number of nitrogens with zero attached hydrogens (tertiary/aromatic N) is 2. The Morgan fingerprint density at radius 1 is 0.909 bits per heavy atom. The smallest absolute Gasteiger partial charge is 0.119 e. The highest BCUT2D eigenvalue weighted by Crippen LogP contribution is 2.20. The van der Waals surface area contributed by atoms with Crippen LogP contribution in [-0.4, -0.2) is 17.9 Å². The second-order valence-corrected chi connectivity index (χ2v) is 5.03. The van der Waals surface area contributed by atoms with Crippen molar-refractivity contribution in [2.45, 2.75) is 6.92 Å². The Morgan fingerprint density at radius 2 is 1.64 bits per heavy atom. The van der Waals surface area contributed by atoms with Gasteiger partial charge in [0.1, 0.15) is 5.75 Å². The van der Waals surface area contributed by atoms with Gasteiger partial charge in [0.25, 0.3) is 0 Å². The minimum absolute atomic E-state index is 0.855. The normalized spacial score (nSPS) is 11.0. The van der Waals surface area contributed by atoms with E-state index in [4.69, 9.17) is 4.74 Å². The fourth-order valence-electron chi connectivity index (χ4n) is 2.40. The molecule has 0 N–H and O–H groups in total. The van der Waals surface area contributed by atoms with Crippen LogP contribution in [-0.2, 0) is 0 Å². The third-order valence-electron chi connectivity index (χ3n) is 3.54. The van der Waals surface area contributed by atoms with Gasteiger partial charge >= 0.3 is 0 Å². The molecule has 0 unspecified atom stereocenters. The van der Waals surface area contributed by atoms with Crippen LogP contribution in [0.1, 0.15) is 11.4 Å². The summed E-state index contributed by atoms with van der Waals surface area (Å²) in [6.07, 6.45) is 1.90. The van der Waals surface area contributed by atoms with Crippen molar-refractivity contribution in [3.63, 3.8) is 0 Å². The molecule has 2 aromatic carbocycles. The quantitative estimate of drug-likeness (QED) is 0.648. The highest BCUT2D eigenvalue weighted by Gasteiger charge is 2.05. The number of aliphatic imine (C=N–C) groups is 1. The van der Waals surface area contributed by atoms with Crippen LogP contribution in [0.5, 0.6) is 5.75 Å². The van der Waals surface area contributed by atoms with Crippen LogP contribution in [0.3, 0.4) is 0 Å². The molecule has 0 fully saturated rings. The van der Waals surface area contributed by atoms with E-state index in [9.17, 15) is 0 Å². The minimum Gasteiger partial charge on any atom is -0.497 e. The van der Waals surface area contributed by atoms with Crippen LogP contribution in [0.2, 0.25) is 0 Å². The predicted octanol–water partition coefficient (Wildman–Crippen LogP) is 4.54. The summed E-state index contributed by atoms with van der Waals surface area (Å²) in [5.41, 5.74) is 4.26. The van der Waals surface area contributed by atoms with Crippen molar-refractivity contribution in [3.05, 3.63) is 78.1 Å². The number of hydrogen-bond acceptors (Lipinski definition) is 2. The molecule has 0 saturated carbocycles. The van der Waals surface area contributed by atoms with Crippen molar-refractivity contribution in [1.29, 1.82) is 0 Å². The van der Waals surface area contributed by atoms with Crippen LogP contribution >= 0.6 is 0 Å². The predicted molar refractivity (Wildman–Crippen MR) is 90.8 cm³/mol. The molecule has 0 spiro atoms. The van der Waals surface area contributed by atoms with Gasteiger partial charge in [-0.15, -0.1) is 0 Å². The van der Waals surface area contributed by atoms with Crippen molar-refractivity contribution in [3.8, 4) is 11.4 Å². The summed E-state index contributed by atoms with van der Waals surface area (Å²) in [5.74, 6) is 0.855. The zero-order valence-corrected chi connectivity index (χ0v) is 12.7. The highest BCUT2D eigenvalue weighted by molar-refractivity contribution is 5.81. The average Bonchev–Trinajstić information content (AvgIpc) is 2.95. The van der Waals surface area contributed by atoms with E-state index >= 15 is 0 Å². The van der Waals surface area contributed by atoms with Crippen LogP contribution in [0.4, 0.5) is 5.69 Å². The third-order valence-corrected chi connectivity index (χ3v) is 3.54. The number of aryl methyl sites for hydroxylation is 1. The molecule has 0 aliphatic carbocycles. The number of aromatic nitrogens is 1. The number of para-hydroxylation sites is 1. The van der Waals surface area contributed by atoms with Crippen molar-refractivity contribution < 1.29 is 4.74 Å². The molecule has 3 heteroatoms. The summed E-state index contributed by atoms with van der Waals surface area (Å²) in [7, 11) is 1.67. The molecule has 22 heavy (non-hydrogen) atoms. The van der Waals surface area contributed by atoms with Gasteiger partial charge in [-0.1, -0.05) is 18.2 Å². The highest BCUT2D eigenvalue weighted by atomic mass is 16.5. The van der Waals surface area contributed by atoms with E-state index in [0.29, 0.717) is 0 Å². The lowest BCUT2D eigenvalue weighted by Gasteiger charge is -2.10. The molecular formula is C19H18N2O. The molecule has 0 radical (unpaired) electrons. The lowest BCUT2D eigenvalue weighted by Crippen LogP contribution is -2.01. The fraction of sp³-hybridized carbons (Fsp3) is 0.105. The van der Waals surface area contributed by atoms with Gasteiger partial charge in [-0.2, -0.15) is 0 Å². The zero-order chi connectivity index (χ0) is 15.4. The first-order valence-electron chi connectivity index (χ1n) is 7.20. The fourth-order valence-corrected chi connectivity index (χ4v) is 2.40. The summed E-state index contributed by atoms with van der Waals surface area (Å²) < 4.78 is 7.39. The number of hydrogen-bond donors (Lipinski definition) is 0. The van der Waals surface area contributed by atoms with Gasteiger partial charge in [-0.3, -0.25) is 4.99 Å². The van der Waals surface area contributed by atoms with Gasteiger partial charge in [0.15, 0.2) is 0 Å². The van der Waals surface area contributed by atoms with Crippen LogP contribution in [0.25, 0.3) is 5.69 Å². The van der Waals surface area contributed by atoms with E-state index < -0.39 is 0 Å². The lowest BCUT2D eigenvalue weighted by molar-refractivity contribution is 0.414. The standard InChI is InChI=1S/C19H18N2O/c1-15-8-9-18(14-20-16-6-4-3-5-7-16)21(15)17-10-12-19(22-2)13-11-17/h3-14H,1-2H3. The average molecular weight is 290 g/mol. The molecule has 0 aliphatic rings. The summed E-state index contributed by atoms with van der Waals surface area (Å²) in [5, 5.41) is 0. The van der Waals surface area contributed by atoms with Crippen LogP contribution < -0.4 is 4.74 Å². The number of benzene rings is 2. The molecular weight excluding hydrogens is 272 g/mol. The van der Waals surface area contributed by atoms with Crippen molar-refractivity contribution in [2.24, 2.45) is 4.99 Å². The monoisotopic (exact) mass is 290 g/mol. The Balaban J connectivity index is 1.95. The van der Waals surface area contributed by atoms with Gasteiger partial charge in [0.05, 0.1) is 24.7 Å². The van der Waals surface area contributed by atoms with E-state index in [-0.39, 0.29) is 0 Å². The third kappa shape index (κ3) is 2.93. The number of methoxy groups -OCH3 is 1. The first-order chi connectivity index (χ1) is 10.8. The molecule has 0 aliphatic heterocycles. The summed E-state index contributed by atoms with van der Waals surface area (Å²) in [4.78, 5) is 4.54. The Kier molecular flexibility index (Phi) is 4.05. The maximum atomic E-state index is 5.22. The maximum Gasteiger partial charge on any atom is 0.119 e. The van der Waals surface area contributed by atoms with Crippen molar-refractivity contribution >= 4 is 11.9 Å². The summed E-state index contributed by atoms with van der Waals surface area (Å²) >= 11 is 0. The SMILES string of the molecule is COc1ccc(-n2c(C)ccc2C=Nc2ccccc2)cc1. The molecule has 1 heterocycles. The molecule has 0 amide bonds. The Labute approximate surface area is 130 Å². The van der Waals surface area contributed by atoms with Gasteiger partial charge in [-0.25, -0.2) is 0 Å². The van der Waals surface area contributed by atoms with E-state index in [1.165, 1.54) is 5.69 Å². The van der Waals surface area contributed by atoms with Gasteiger partial charge in [0, 0.05) is 11.4 Å². The molecule has 0 atom stereocenters. The topological polar surface area (TPSA) is 26.5 Å². The van der Waals surface area contributed by atoms with Gasteiger partial charge in [-0.05, 0) is 55.5 Å². The van der Waals surface area contributed by atoms with Crippen LogP contribution in [0.15, 0.2) is 71.7 Å². The first kappa shape index (κ1) is 14.1. The summed E-state index contributed by atoms with van der Waals surface area (Å²) in [6.45, 7) is 2.09. The minimum atomic E-state index is 0.855. The first-order valence-corrected chi connectivity index (χ1v) is 7.20. The summed E-state index contributed by atoms with van der Waals surface area (Å²) in [6, 6.07) is 22.1. The Hall–Kier alpha value is -2.81. The maximum absolute atomic E-state index is 5.22. The van der Waals surface area contributed by atoms with E-state index in [0.717, 1.165) is 22.8 Å². The van der Waals surface area contributed by atoms with Gasteiger partial charge < -0.3 is 9.30 Å². The van der Waals surface area contributed by atoms with Crippen molar-refractivity contribution in [1.82, 2.24) is 4.57 Å². The molecule has 3 rings (SSSR count). The van der Waals surface area contributed by atoms with E-state index in [2.05, 4.69) is 28.6 Å². The van der Waals surface area contributed by atoms with Crippen LogP contribution in [0, 0.1) is 6.92 Å². The molecule has 0 bridgehead atoms. The van der Waals surface area contributed by atoms with Gasteiger partial charge in [0.2, 0.25) is 0 Å². The second kappa shape index (κ2) is 6.31. The molecule has 3 nitrogen and oxygen atoms in total. The molecule has 3 aromatic rings. The zero-order valence-electron chi connectivity index (χ0n) is 12.7. The number of ether oxygens (including phenoxy) is 1. The van der Waals surface area contributed by atoms with E-state index in [1.54, 1.807) is 7.11 Å². The van der Waals surface area contributed by atoms with Crippen molar-refractivity contribution in [2.75, 3.05) is 7.11 Å². The molecule has 0 saturated heterocycles. The second-order valence-electron chi connectivity index (χ2n) is 5.03. The largest absolute Gasteiger partial charge is 0.497 e. The Morgan fingerprint density at radius 3 is 2.32 bits per heavy atom. The van der Waals surface area contributed by atoms with E-state index in [1.807, 2.05) is 60.8 Å². The molecule has 1 aromatic heterocycles. The molecule has 110 valence electrons. The number of rotatable bonds is 4. The lowest BCUT2D eigenvalue weighted by atomic mass is 10.3. The Bertz CT molecular complexity index is 771.